The average Bonchev–Trinajstić information content (AvgIpc) is 2.97. The molecule has 2 aromatic rings. The van der Waals surface area contributed by atoms with Crippen molar-refractivity contribution in [2.75, 3.05) is 12.9 Å². The van der Waals surface area contributed by atoms with Gasteiger partial charge in [0.1, 0.15) is 0 Å². The van der Waals surface area contributed by atoms with Gasteiger partial charge in [-0.15, -0.1) is 11.3 Å². The van der Waals surface area contributed by atoms with Gasteiger partial charge in [0.05, 0.1) is 23.7 Å². The molecular weight excluding hydrogens is 352 g/mol. The van der Waals surface area contributed by atoms with Crippen LogP contribution < -0.4 is 5.32 Å². The molecule has 1 aromatic carbocycles. The molecule has 1 N–H and O–H groups in total. The largest absolute Gasteiger partial charge is 0.453 e. The number of nitrogens with one attached hydrogen (secondary N) is 1. The highest BCUT2D eigenvalue weighted by Crippen LogP contribution is 2.29. The second kappa shape index (κ2) is 8.65. The molecule has 1 aromatic heterocycles. The van der Waals surface area contributed by atoms with Crippen LogP contribution in [0.5, 0.6) is 0 Å². The number of hydrogen-bond acceptors (Lipinski definition) is 8. The van der Waals surface area contributed by atoms with E-state index in [1.165, 1.54) is 18.7 Å². The highest BCUT2D eigenvalue weighted by molar-refractivity contribution is 8.01. The van der Waals surface area contributed by atoms with Gasteiger partial charge in [-0.25, -0.2) is 9.78 Å². The van der Waals surface area contributed by atoms with Gasteiger partial charge in [0.2, 0.25) is 0 Å². The fourth-order valence-electron chi connectivity index (χ4n) is 1.70. The lowest BCUT2D eigenvalue weighted by molar-refractivity contribution is -0.154. The molecule has 0 aliphatic carbocycles. The Morgan fingerprint density at radius 2 is 2.08 bits per heavy atom. The number of para-hydroxylation sites is 1. The number of nitrogens with zero attached hydrogens (tertiary/aromatic N) is 1. The van der Waals surface area contributed by atoms with E-state index in [9.17, 15) is 14.4 Å². The van der Waals surface area contributed by atoms with E-state index in [0.29, 0.717) is 5.75 Å². The minimum absolute atomic E-state index is 0.135. The number of benzene rings is 1. The first-order valence-electron chi connectivity index (χ1n) is 7.06. The average molecular weight is 368 g/mol. The molecule has 0 spiro atoms. The number of amides is 2. The van der Waals surface area contributed by atoms with Crippen LogP contribution in [0.1, 0.15) is 13.3 Å². The van der Waals surface area contributed by atoms with Gasteiger partial charge < -0.3 is 9.47 Å². The van der Waals surface area contributed by atoms with Crippen molar-refractivity contribution >= 4 is 51.3 Å². The first-order chi connectivity index (χ1) is 11.5. The third-order valence-electron chi connectivity index (χ3n) is 2.89. The van der Waals surface area contributed by atoms with Gasteiger partial charge in [0.25, 0.3) is 5.91 Å². The Balaban J connectivity index is 1.74. The molecule has 0 unspecified atom stereocenters. The summed E-state index contributed by atoms with van der Waals surface area (Å²) in [6, 6.07) is 7.81. The molecule has 0 bridgehead atoms. The summed E-state index contributed by atoms with van der Waals surface area (Å²) in [5.41, 5.74) is 0.931. The van der Waals surface area contributed by atoms with E-state index in [-0.39, 0.29) is 6.42 Å². The summed E-state index contributed by atoms with van der Waals surface area (Å²) >= 11 is 3.02. The zero-order valence-corrected chi connectivity index (χ0v) is 14.7. The van der Waals surface area contributed by atoms with E-state index in [1.807, 2.05) is 29.6 Å². The number of carbonyl (C=O) groups excluding carboxylic acids is 3. The minimum Gasteiger partial charge on any atom is -0.453 e. The minimum atomic E-state index is -1.07. The van der Waals surface area contributed by atoms with E-state index >= 15 is 0 Å². The third-order valence-corrected chi connectivity index (χ3v) is 5.08. The lowest BCUT2D eigenvalue weighted by Crippen LogP contribution is -2.39. The quantitative estimate of drug-likeness (QED) is 0.618. The molecule has 9 heteroatoms. The summed E-state index contributed by atoms with van der Waals surface area (Å²) in [5.74, 6) is -0.755. The number of rotatable bonds is 6. The maximum absolute atomic E-state index is 11.7. The Hall–Kier alpha value is -2.13. The van der Waals surface area contributed by atoms with E-state index < -0.39 is 24.1 Å². The Bertz CT molecular complexity index is 713. The van der Waals surface area contributed by atoms with Gasteiger partial charge in [-0.1, -0.05) is 23.9 Å². The van der Waals surface area contributed by atoms with Crippen molar-refractivity contribution < 1.29 is 23.9 Å². The summed E-state index contributed by atoms with van der Waals surface area (Å²) in [6.07, 6.45) is -1.82. The number of methoxy groups -OCH3 is 1. The molecule has 128 valence electrons. The summed E-state index contributed by atoms with van der Waals surface area (Å²) in [4.78, 5) is 38.6. The topological polar surface area (TPSA) is 94.6 Å². The molecule has 2 amide bonds. The SMILES string of the molecule is COC(=O)NC(=O)[C@@H](C)OC(=O)CCSc1nc2ccccc2s1. The lowest BCUT2D eigenvalue weighted by atomic mass is 10.3. The zero-order valence-electron chi connectivity index (χ0n) is 13.1. The number of thiazole rings is 1. The van der Waals surface area contributed by atoms with Crippen LogP contribution in [0.2, 0.25) is 0 Å². The standard InChI is InChI=1S/C15H16N2O5S2/c1-9(13(19)17-14(20)21-2)22-12(18)7-8-23-15-16-10-5-3-4-6-11(10)24-15/h3-6,9H,7-8H2,1-2H3,(H,17,19,20)/t9-/m1/s1. The van der Waals surface area contributed by atoms with Crippen molar-refractivity contribution in [3.8, 4) is 0 Å². The summed E-state index contributed by atoms with van der Waals surface area (Å²) in [5, 5.41) is 1.94. The van der Waals surface area contributed by atoms with Crippen LogP contribution in [0.25, 0.3) is 10.2 Å². The van der Waals surface area contributed by atoms with Crippen LogP contribution in [-0.4, -0.2) is 41.9 Å². The monoisotopic (exact) mass is 368 g/mol. The predicted octanol–water partition coefficient (Wildman–Crippen LogP) is 2.59. The van der Waals surface area contributed by atoms with Gasteiger partial charge >= 0.3 is 12.1 Å². The van der Waals surface area contributed by atoms with Crippen molar-refractivity contribution in [3.63, 3.8) is 0 Å². The number of imide groups is 1. The third kappa shape index (κ3) is 5.20. The number of alkyl carbamates (subject to hydrolysis) is 1. The number of aromatic nitrogens is 1. The maximum Gasteiger partial charge on any atom is 0.413 e. The molecule has 0 radical (unpaired) electrons. The molecule has 1 heterocycles. The van der Waals surface area contributed by atoms with Gasteiger partial charge in [0.15, 0.2) is 10.4 Å². The van der Waals surface area contributed by atoms with Gasteiger partial charge in [-0.2, -0.15) is 0 Å². The van der Waals surface area contributed by atoms with E-state index in [4.69, 9.17) is 4.74 Å². The predicted molar refractivity (Wildman–Crippen MR) is 91.1 cm³/mol. The Labute approximate surface area is 146 Å². The van der Waals surface area contributed by atoms with Crippen LogP contribution >= 0.6 is 23.1 Å². The molecule has 7 nitrogen and oxygen atoms in total. The number of fused-ring (bicyclic) bond motifs is 1. The number of ether oxygens (including phenoxy) is 2. The molecule has 0 aliphatic heterocycles. The molecule has 0 saturated heterocycles. The van der Waals surface area contributed by atoms with Crippen LogP contribution in [0.4, 0.5) is 4.79 Å². The molecule has 0 aliphatic rings. The first kappa shape index (κ1) is 18.2. The number of carbonyl (C=O) groups is 3. The van der Waals surface area contributed by atoms with Crippen molar-refractivity contribution in [2.24, 2.45) is 0 Å². The van der Waals surface area contributed by atoms with Gasteiger partial charge in [0, 0.05) is 5.75 Å². The van der Waals surface area contributed by atoms with Crippen LogP contribution in [0, 0.1) is 0 Å². The van der Waals surface area contributed by atoms with Gasteiger partial charge in [-0.3, -0.25) is 14.9 Å². The fraction of sp³-hybridized carbons (Fsp3) is 0.333. The fourth-order valence-corrected chi connectivity index (χ4v) is 3.76. The Kier molecular flexibility index (Phi) is 6.56. The lowest BCUT2D eigenvalue weighted by Gasteiger charge is -2.11. The van der Waals surface area contributed by atoms with Gasteiger partial charge in [-0.05, 0) is 19.1 Å². The van der Waals surface area contributed by atoms with E-state index in [2.05, 4.69) is 9.72 Å². The Morgan fingerprint density at radius 1 is 1.33 bits per heavy atom. The van der Waals surface area contributed by atoms with E-state index in [0.717, 1.165) is 21.7 Å². The smallest absolute Gasteiger partial charge is 0.413 e. The van der Waals surface area contributed by atoms with E-state index in [1.54, 1.807) is 11.3 Å². The summed E-state index contributed by atoms with van der Waals surface area (Å²) in [6.45, 7) is 1.39. The second-order valence-electron chi connectivity index (χ2n) is 4.66. The highest BCUT2D eigenvalue weighted by atomic mass is 32.2. The molecule has 24 heavy (non-hydrogen) atoms. The molecule has 1 atom stereocenters. The second-order valence-corrected chi connectivity index (χ2v) is 7.03. The van der Waals surface area contributed by atoms with Crippen molar-refractivity contribution in [1.82, 2.24) is 10.3 Å². The molecule has 2 rings (SSSR count). The van der Waals surface area contributed by atoms with Crippen LogP contribution in [0.15, 0.2) is 28.6 Å². The number of esters is 1. The molecular formula is C15H16N2O5S2. The van der Waals surface area contributed by atoms with Crippen molar-refractivity contribution in [3.05, 3.63) is 24.3 Å². The first-order valence-corrected chi connectivity index (χ1v) is 8.86. The van der Waals surface area contributed by atoms with Crippen LogP contribution in [0.3, 0.4) is 0 Å². The summed E-state index contributed by atoms with van der Waals surface area (Å²) < 4.78 is 11.2. The zero-order chi connectivity index (χ0) is 17.5. The summed E-state index contributed by atoms with van der Waals surface area (Å²) in [7, 11) is 1.14. The Morgan fingerprint density at radius 3 is 2.79 bits per heavy atom. The van der Waals surface area contributed by atoms with Crippen molar-refractivity contribution in [1.29, 1.82) is 0 Å². The number of hydrogen-bond donors (Lipinski definition) is 1. The van der Waals surface area contributed by atoms with Crippen molar-refractivity contribution in [2.45, 2.75) is 23.8 Å². The molecule has 0 fully saturated rings. The highest BCUT2D eigenvalue weighted by Gasteiger charge is 2.20. The van der Waals surface area contributed by atoms with Crippen LogP contribution in [-0.2, 0) is 19.1 Å². The number of thioether (sulfide) groups is 1. The molecule has 0 saturated carbocycles. The maximum atomic E-state index is 11.7. The normalized spacial score (nSPS) is 11.8.